The number of benzene rings is 3. The Labute approximate surface area is 184 Å². The van der Waals surface area contributed by atoms with E-state index in [2.05, 4.69) is 15.2 Å². The predicted octanol–water partition coefficient (Wildman–Crippen LogP) is 5.19. The van der Waals surface area contributed by atoms with Crippen LogP contribution in [-0.2, 0) is 10.0 Å². The van der Waals surface area contributed by atoms with Crippen LogP contribution in [0.2, 0.25) is 5.02 Å². The number of anilines is 2. The molecular weight excluding hydrogens is 440 g/mol. The first kappa shape index (κ1) is 22.3. The first-order chi connectivity index (χ1) is 14.7. The summed E-state index contributed by atoms with van der Waals surface area (Å²) in [7, 11) is -4.04. The van der Waals surface area contributed by atoms with Gasteiger partial charge in [0.2, 0.25) is 0 Å². The van der Waals surface area contributed by atoms with Gasteiger partial charge in [0.05, 0.1) is 15.5 Å². The maximum Gasteiger partial charge on any atom is 0.295 e. The Hall–Kier alpha value is -3.43. The lowest BCUT2D eigenvalue weighted by atomic mass is 10.1. The van der Waals surface area contributed by atoms with Crippen molar-refractivity contribution in [3.63, 3.8) is 0 Å². The minimum Gasteiger partial charge on any atom is -0.280 e. The molecule has 160 valence electrons. The number of nitro benzene ring substituents is 1. The summed E-state index contributed by atoms with van der Waals surface area (Å²) in [4.78, 5) is 10.6. The molecule has 0 atom stereocenters. The highest BCUT2D eigenvalue weighted by Gasteiger charge is 2.21. The van der Waals surface area contributed by atoms with Gasteiger partial charge in [0.25, 0.3) is 15.7 Å². The molecule has 0 aliphatic heterocycles. The molecule has 0 heterocycles. The Kier molecular flexibility index (Phi) is 6.57. The van der Waals surface area contributed by atoms with Crippen LogP contribution in [-0.4, -0.2) is 19.1 Å². The second-order valence-electron chi connectivity index (χ2n) is 6.72. The van der Waals surface area contributed by atoms with Gasteiger partial charge < -0.3 is 0 Å². The van der Waals surface area contributed by atoms with Gasteiger partial charge in [-0.15, -0.1) is 0 Å². The van der Waals surface area contributed by atoms with Crippen LogP contribution in [0.1, 0.15) is 18.1 Å². The molecule has 31 heavy (non-hydrogen) atoms. The number of halogens is 1. The van der Waals surface area contributed by atoms with E-state index >= 15 is 0 Å². The summed E-state index contributed by atoms with van der Waals surface area (Å²) < 4.78 is 27.6. The molecule has 2 N–H and O–H groups in total. The SMILES string of the molecule is CC(=NNc1ccc(S(=O)(=O)Nc2ccc(Cl)cc2)cc1[N+](=O)[O-])c1ccc(C)cc1. The minimum atomic E-state index is -4.04. The zero-order valence-electron chi connectivity index (χ0n) is 16.7. The monoisotopic (exact) mass is 458 g/mol. The second-order valence-corrected chi connectivity index (χ2v) is 8.84. The Morgan fingerprint density at radius 1 is 1.03 bits per heavy atom. The normalized spacial score (nSPS) is 11.8. The van der Waals surface area contributed by atoms with Crippen molar-refractivity contribution >= 4 is 44.4 Å². The maximum atomic E-state index is 12.6. The van der Waals surface area contributed by atoms with E-state index in [1.54, 1.807) is 6.92 Å². The van der Waals surface area contributed by atoms with Crippen LogP contribution >= 0.6 is 11.6 Å². The van der Waals surface area contributed by atoms with E-state index < -0.39 is 20.6 Å². The number of hydrazone groups is 1. The molecule has 0 spiro atoms. The molecule has 8 nitrogen and oxygen atoms in total. The summed E-state index contributed by atoms with van der Waals surface area (Å²) in [6, 6.07) is 17.3. The minimum absolute atomic E-state index is 0.0712. The van der Waals surface area contributed by atoms with Crippen LogP contribution in [0.4, 0.5) is 17.1 Å². The lowest BCUT2D eigenvalue weighted by Crippen LogP contribution is -2.13. The highest BCUT2D eigenvalue weighted by atomic mass is 35.5. The zero-order chi connectivity index (χ0) is 22.6. The number of hydrogen-bond acceptors (Lipinski definition) is 6. The number of sulfonamides is 1. The molecule has 0 amide bonds. The van der Waals surface area contributed by atoms with E-state index in [4.69, 9.17) is 11.6 Å². The highest BCUT2D eigenvalue weighted by Crippen LogP contribution is 2.29. The molecular formula is C21H19ClN4O4S. The van der Waals surface area contributed by atoms with E-state index in [9.17, 15) is 18.5 Å². The van der Waals surface area contributed by atoms with Crippen molar-refractivity contribution in [1.82, 2.24) is 0 Å². The quantitative estimate of drug-likeness (QED) is 0.287. The third-order valence-electron chi connectivity index (χ3n) is 4.39. The van der Waals surface area contributed by atoms with Crippen LogP contribution in [0.5, 0.6) is 0 Å². The average molecular weight is 459 g/mol. The molecule has 0 radical (unpaired) electrons. The predicted molar refractivity (Wildman–Crippen MR) is 122 cm³/mol. The van der Waals surface area contributed by atoms with Crippen LogP contribution in [0.15, 0.2) is 76.7 Å². The number of aryl methyl sites for hydroxylation is 1. The lowest BCUT2D eigenvalue weighted by Gasteiger charge is -2.10. The summed E-state index contributed by atoms with van der Waals surface area (Å²) >= 11 is 5.80. The van der Waals surface area contributed by atoms with Crippen LogP contribution in [0.3, 0.4) is 0 Å². The summed E-state index contributed by atoms with van der Waals surface area (Å²) in [5.41, 5.74) is 5.17. The fraction of sp³-hybridized carbons (Fsp3) is 0.0952. The van der Waals surface area contributed by atoms with Gasteiger partial charge in [-0.1, -0.05) is 41.4 Å². The van der Waals surface area contributed by atoms with Crippen molar-refractivity contribution in [2.45, 2.75) is 18.7 Å². The van der Waals surface area contributed by atoms with Crippen LogP contribution in [0, 0.1) is 17.0 Å². The van der Waals surface area contributed by atoms with Gasteiger partial charge in [-0.2, -0.15) is 5.10 Å². The van der Waals surface area contributed by atoms with E-state index in [0.29, 0.717) is 10.7 Å². The molecule has 0 saturated heterocycles. The first-order valence-electron chi connectivity index (χ1n) is 9.10. The number of nitrogens with one attached hydrogen (secondary N) is 2. The molecule has 0 unspecified atom stereocenters. The Bertz CT molecular complexity index is 1240. The molecule has 3 rings (SSSR count). The molecule has 10 heteroatoms. The standard InChI is InChI=1S/C21H19ClN4O4S/c1-14-3-5-16(6-4-14)15(2)23-24-20-12-11-19(13-21(20)26(27)28)31(29,30)25-18-9-7-17(22)8-10-18/h3-13,24-25H,1-2H3. The third-order valence-corrected chi connectivity index (χ3v) is 6.02. The summed E-state index contributed by atoms with van der Waals surface area (Å²) in [5.74, 6) is 0. The lowest BCUT2D eigenvalue weighted by molar-refractivity contribution is -0.384. The first-order valence-corrected chi connectivity index (χ1v) is 11.0. The smallest absolute Gasteiger partial charge is 0.280 e. The van der Waals surface area contributed by atoms with Crippen LogP contribution < -0.4 is 10.1 Å². The van der Waals surface area contributed by atoms with Gasteiger partial charge in [-0.05, 0) is 55.8 Å². The van der Waals surface area contributed by atoms with Gasteiger partial charge in [0.1, 0.15) is 5.69 Å². The topological polar surface area (TPSA) is 114 Å². The van der Waals surface area contributed by atoms with E-state index in [0.717, 1.165) is 17.2 Å². The van der Waals surface area contributed by atoms with Gasteiger partial charge in [0.15, 0.2) is 0 Å². The fourth-order valence-electron chi connectivity index (χ4n) is 2.66. The van der Waals surface area contributed by atoms with Gasteiger partial charge in [-0.3, -0.25) is 20.3 Å². The summed E-state index contributed by atoms with van der Waals surface area (Å²) in [6.45, 7) is 3.73. The molecule has 0 bridgehead atoms. The second kappa shape index (κ2) is 9.15. The summed E-state index contributed by atoms with van der Waals surface area (Å²) in [6.07, 6.45) is 0. The zero-order valence-corrected chi connectivity index (χ0v) is 18.2. The van der Waals surface area contributed by atoms with Crippen molar-refractivity contribution in [2.75, 3.05) is 10.1 Å². The molecule has 3 aromatic carbocycles. The Balaban J connectivity index is 1.87. The van der Waals surface area contributed by atoms with Crippen molar-refractivity contribution in [3.8, 4) is 0 Å². The number of nitrogens with zero attached hydrogens (tertiary/aromatic N) is 2. The Morgan fingerprint density at radius 2 is 1.68 bits per heavy atom. The third kappa shape index (κ3) is 5.59. The molecule has 0 aliphatic rings. The van der Waals surface area contributed by atoms with Crippen molar-refractivity contribution < 1.29 is 13.3 Å². The number of nitro groups is 1. The maximum absolute atomic E-state index is 12.6. The molecule has 0 fully saturated rings. The molecule has 3 aromatic rings. The highest BCUT2D eigenvalue weighted by molar-refractivity contribution is 7.92. The van der Waals surface area contributed by atoms with Crippen molar-refractivity contribution in [3.05, 3.63) is 93.0 Å². The van der Waals surface area contributed by atoms with Gasteiger partial charge in [0, 0.05) is 16.8 Å². The van der Waals surface area contributed by atoms with E-state index in [1.807, 2.05) is 31.2 Å². The van der Waals surface area contributed by atoms with E-state index in [-0.39, 0.29) is 16.3 Å². The van der Waals surface area contributed by atoms with Gasteiger partial charge >= 0.3 is 0 Å². The number of rotatable bonds is 7. The molecule has 0 aliphatic carbocycles. The van der Waals surface area contributed by atoms with Crippen molar-refractivity contribution in [1.29, 1.82) is 0 Å². The van der Waals surface area contributed by atoms with Crippen LogP contribution in [0.25, 0.3) is 0 Å². The molecule has 0 saturated carbocycles. The Morgan fingerprint density at radius 3 is 2.29 bits per heavy atom. The fourth-order valence-corrected chi connectivity index (χ4v) is 3.86. The summed E-state index contributed by atoms with van der Waals surface area (Å²) in [5, 5.41) is 16.2. The van der Waals surface area contributed by atoms with E-state index in [1.165, 1.54) is 36.4 Å². The van der Waals surface area contributed by atoms with Gasteiger partial charge in [-0.25, -0.2) is 8.42 Å². The van der Waals surface area contributed by atoms with Crippen molar-refractivity contribution in [2.24, 2.45) is 5.10 Å². The number of hydrogen-bond donors (Lipinski definition) is 2. The molecule has 0 aromatic heterocycles. The largest absolute Gasteiger partial charge is 0.295 e. The average Bonchev–Trinajstić information content (AvgIpc) is 2.73.